The van der Waals surface area contributed by atoms with Gasteiger partial charge in [0.15, 0.2) is 0 Å². The van der Waals surface area contributed by atoms with Gasteiger partial charge in [0.05, 0.1) is 11.9 Å². The van der Waals surface area contributed by atoms with Crippen molar-refractivity contribution in [1.82, 2.24) is 15.1 Å². The van der Waals surface area contributed by atoms with Gasteiger partial charge in [-0.2, -0.15) is 5.10 Å². The highest BCUT2D eigenvalue weighted by Gasteiger charge is 2.11. The minimum atomic E-state index is 0.673. The molecule has 0 amide bonds. The molecule has 1 heterocycles. The first-order valence-electron chi connectivity index (χ1n) is 7.95. The highest BCUT2D eigenvalue weighted by molar-refractivity contribution is 5.38. The number of aryl methyl sites for hydroxylation is 1. The number of benzene rings is 1. The van der Waals surface area contributed by atoms with Crippen LogP contribution in [0.15, 0.2) is 30.5 Å². The molecule has 0 saturated carbocycles. The van der Waals surface area contributed by atoms with E-state index in [0.717, 1.165) is 31.6 Å². The van der Waals surface area contributed by atoms with Crippen LogP contribution in [0.25, 0.3) is 5.69 Å². The van der Waals surface area contributed by atoms with Crippen molar-refractivity contribution in [1.29, 1.82) is 0 Å². The third-order valence-corrected chi connectivity index (χ3v) is 3.56. The summed E-state index contributed by atoms with van der Waals surface area (Å²) in [5.74, 6) is 0.673. The Hall–Kier alpha value is -1.61. The van der Waals surface area contributed by atoms with Crippen LogP contribution in [0.2, 0.25) is 0 Å². The van der Waals surface area contributed by atoms with Crippen molar-refractivity contribution in [2.45, 2.75) is 47.1 Å². The lowest BCUT2D eigenvalue weighted by Crippen LogP contribution is -2.19. The Morgan fingerprint density at radius 2 is 2.10 bits per heavy atom. The van der Waals surface area contributed by atoms with E-state index in [4.69, 9.17) is 0 Å². The maximum Gasteiger partial charge on any atom is 0.0651 e. The van der Waals surface area contributed by atoms with E-state index in [1.54, 1.807) is 0 Å². The van der Waals surface area contributed by atoms with Gasteiger partial charge in [0.25, 0.3) is 0 Å². The molecule has 114 valence electrons. The van der Waals surface area contributed by atoms with Crippen LogP contribution in [-0.2, 0) is 13.0 Å². The molecule has 1 aromatic carbocycles. The first-order chi connectivity index (χ1) is 10.1. The largest absolute Gasteiger partial charge is 0.312 e. The van der Waals surface area contributed by atoms with Gasteiger partial charge < -0.3 is 5.32 Å². The average Bonchev–Trinajstić information content (AvgIpc) is 2.82. The molecule has 3 nitrogen and oxygen atoms in total. The molecule has 0 radical (unpaired) electrons. The number of hydrogen-bond acceptors (Lipinski definition) is 2. The summed E-state index contributed by atoms with van der Waals surface area (Å²) >= 11 is 0. The lowest BCUT2D eigenvalue weighted by atomic mass is 10.1. The predicted octanol–water partition coefficient (Wildman–Crippen LogP) is 3.88. The zero-order valence-electron chi connectivity index (χ0n) is 13.7. The second kappa shape index (κ2) is 7.41. The topological polar surface area (TPSA) is 29.9 Å². The van der Waals surface area contributed by atoms with Gasteiger partial charge in [-0.25, -0.2) is 4.68 Å². The molecule has 0 unspecified atom stereocenters. The quantitative estimate of drug-likeness (QED) is 0.836. The molecular weight excluding hydrogens is 258 g/mol. The molecule has 2 rings (SSSR count). The second-order valence-electron chi connectivity index (χ2n) is 6.14. The van der Waals surface area contributed by atoms with Gasteiger partial charge in [-0.05, 0) is 43.5 Å². The molecule has 0 aliphatic heterocycles. The summed E-state index contributed by atoms with van der Waals surface area (Å²) in [6.07, 6.45) is 4.21. The van der Waals surface area contributed by atoms with Crippen molar-refractivity contribution in [2.24, 2.45) is 5.92 Å². The first-order valence-corrected chi connectivity index (χ1v) is 7.95. The SMILES string of the molecule is CCCc1c(CNCC(C)C)cnn1-c1cccc(C)c1. The molecule has 0 saturated heterocycles. The van der Waals surface area contributed by atoms with E-state index in [0.29, 0.717) is 5.92 Å². The summed E-state index contributed by atoms with van der Waals surface area (Å²) in [4.78, 5) is 0. The molecule has 0 spiro atoms. The summed E-state index contributed by atoms with van der Waals surface area (Å²) in [6, 6.07) is 8.54. The molecule has 0 bridgehead atoms. The predicted molar refractivity (Wildman–Crippen MR) is 88.8 cm³/mol. The van der Waals surface area contributed by atoms with Gasteiger partial charge in [-0.1, -0.05) is 39.3 Å². The van der Waals surface area contributed by atoms with Crippen molar-refractivity contribution < 1.29 is 0 Å². The van der Waals surface area contributed by atoms with Crippen molar-refractivity contribution in [3.05, 3.63) is 47.3 Å². The van der Waals surface area contributed by atoms with E-state index in [-0.39, 0.29) is 0 Å². The summed E-state index contributed by atoms with van der Waals surface area (Å²) in [7, 11) is 0. The van der Waals surface area contributed by atoms with Crippen molar-refractivity contribution in [2.75, 3.05) is 6.54 Å². The molecule has 1 aromatic heterocycles. The maximum absolute atomic E-state index is 4.62. The molecule has 3 heteroatoms. The fourth-order valence-electron chi connectivity index (χ4n) is 2.54. The van der Waals surface area contributed by atoms with Crippen LogP contribution in [0.4, 0.5) is 0 Å². The smallest absolute Gasteiger partial charge is 0.0651 e. The second-order valence-corrected chi connectivity index (χ2v) is 6.14. The molecule has 0 fully saturated rings. The Morgan fingerprint density at radius 3 is 2.76 bits per heavy atom. The fourth-order valence-corrected chi connectivity index (χ4v) is 2.54. The lowest BCUT2D eigenvalue weighted by molar-refractivity contribution is 0.550. The Bertz CT molecular complexity index is 570. The van der Waals surface area contributed by atoms with Crippen LogP contribution in [0.1, 0.15) is 44.0 Å². The lowest BCUT2D eigenvalue weighted by Gasteiger charge is -2.11. The van der Waals surface area contributed by atoms with Gasteiger partial charge in [0.1, 0.15) is 0 Å². The minimum Gasteiger partial charge on any atom is -0.312 e. The van der Waals surface area contributed by atoms with Crippen LogP contribution < -0.4 is 5.32 Å². The Kier molecular flexibility index (Phi) is 5.57. The molecule has 0 aliphatic carbocycles. The summed E-state index contributed by atoms with van der Waals surface area (Å²) in [5.41, 5.74) is 5.08. The zero-order valence-corrected chi connectivity index (χ0v) is 13.7. The molecule has 0 aliphatic rings. The van der Waals surface area contributed by atoms with Crippen molar-refractivity contribution >= 4 is 0 Å². The summed E-state index contributed by atoms with van der Waals surface area (Å²) < 4.78 is 2.10. The first kappa shape index (κ1) is 15.8. The standard InChI is InChI=1S/C18H27N3/c1-5-7-18-16(12-19-11-14(2)3)13-20-21(18)17-9-6-8-15(4)10-17/h6,8-10,13-14,19H,5,7,11-12H2,1-4H3. The third kappa shape index (κ3) is 4.18. The van der Waals surface area contributed by atoms with Crippen LogP contribution >= 0.6 is 0 Å². The molecule has 0 atom stereocenters. The van der Waals surface area contributed by atoms with E-state index in [1.807, 2.05) is 6.20 Å². The fraction of sp³-hybridized carbons (Fsp3) is 0.500. The van der Waals surface area contributed by atoms with E-state index < -0.39 is 0 Å². The summed E-state index contributed by atoms with van der Waals surface area (Å²) in [6.45, 7) is 10.8. The molecule has 1 N–H and O–H groups in total. The molecular formula is C18H27N3. The van der Waals surface area contributed by atoms with E-state index >= 15 is 0 Å². The highest BCUT2D eigenvalue weighted by atomic mass is 15.3. The van der Waals surface area contributed by atoms with Gasteiger partial charge >= 0.3 is 0 Å². The van der Waals surface area contributed by atoms with E-state index in [9.17, 15) is 0 Å². The number of aromatic nitrogens is 2. The van der Waals surface area contributed by atoms with Gasteiger partial charge in [0.2, 0.25) is 0 Å². The average molecular weight is 285 g/mol. The van der Waals surface area contributed by atoms with Crippen LogP contribution in [-0.4, -0.2) is 16.3 Å². The Balaban J connectivity index is 2.23. The van der Waals surface area contributed by atoms with Crippen molar-refractivity contribution in [3.8, 4) is 5.69 Å². The highest BCUT2D eigenvalue weighted by Crippen LogP contribution is 2.18. The Morgan fingerprint density at radius 1 is 1.29 bits per heavy atom. The number of nitrogens with zero attached hydrogens (tertiary/aromatic N) is 2. The van der Waals surface area contributed by atoms with Crippen LogP contribution in [0.5, 0.6) is 0 Å². The molecule has 21 heavy (non-hydrogen) atoms. The Labute approximate surface area is 128 Å². The molecule has 2 aromatic rings. The van der Waals surface area contributed by atoms with Crippen LogP contribution in [0, 0.1) is 12.8 Å². The zero-order chi connectivity index (χ0) is 15.2. The third-order valence-electron chi connectivity index (χ3n) is 3.56. The normalized spacial score (nSPS) is 11.3. The van der Waals surface area contributed by atoms with Gasteiger partial charge in [-0.3, -0.25) is 0 Å². The number of hydrogen-bond donors (Lipinski definition) is 1. The van der Waals surface area contributed by atoms with Gasteiger partial charge in [0, 0.05) is 17.8 Å². The van der Waals surface area contributed by atoms with E-state index in [2.05, 4.69) is 67.1 Å². The van der Waals surface area contributed by atoms with Crippen molar-refractivity contribution in [3.63, 3.8) is 0 Å². The van der Waals surface area contributed by atoms with Crippen LogP contribution in [0.3, 0.4) is 0 Å². The van der Waals surface area contributed by atoms with Gasteiger partial charge in [-0.15, -0.1) is 0 Å². The maximum atomic E-state index is 4.62. The number of nitrogens with one attached hydrogen (secondary N) is 1. The number of rotatable bonds is 7. The van der Waals surface area contributed by atoms with E-state index in [1.165, 1.54) is 16.8 Å². The summed E-state index contributed by atoms with van der Waals surface area (Å²) in [5, 5.41) is 8.14. The monoisotopic (exact) mass is 285 g/mol. The minimum absolute atomic E-state index is 0.673.